The fourth-order valence-corrected chi connectivity index (χ4v) is 4.10. The number of amides is 1. The number of piperidine rings is 1. The Morgan fingerprint density at radius 1 is 1.16 bits per heavy atom. The maximum Gasteiger partial charge on any atom is 0.410 e. The molecule has 2 aliphatic rings. The predicted octanol–water partition coefficient (Wildman–Crippen LogP) is 3.85. The van der Waals surface area contributed by atoms with Gasteiger partial charge in [0.25, 0.3) is 0 Å². The van der Waals surface area contributed by atoms with Crippen LogP contribution >= 0.6 is 0 Å². The maximum atomic E-state index is 12.5. The molecular weight excluding hydrogens is 336 g/mol. The molecule has 2 fully saturated rings. The van der Waals surface area contributed by atoms with Crippen LogP contribution in [0, 0.1) is 11.8 Å². The number of hydrogen-bond acceptors (Lipinski definition) is 4. The molecule has 1 N–H and O–H groups in total. The molecule has 1 aliphatic carbocycles. The van der Waals surface area contributed by atoms with Crippen LogP contribution in [-0.4, -0.2) is 45.0 Å². The van der Waals surface area contributed by atoms with E-state index in [4.69, 9.17) is 4.74 Å². The molecular formula is C19H36N2O3S. The number of nitrogens with one attached hydrogen (secondary N) is 1. The molecule has 0 bridgehead atoms. The number of ether oxygens (including phenoxy) is 1. The number of rotatable bonds is 5. The lowest BCUT2D eigenvalue weighted by Gasteiger charge is -2.35. The summed E-state index contributed by atoms with van der Waals surface area (Å²) in [4.78, 5) is 14.0. The largest absolute Gasteiger partial charge is 0.598 e. The van der Waals surface area contributed by atoms with Gasteiger partial charge >= 0.3 is 6.09 Å². The molecule has 6 heteroatoms. The smallest absolute Gasteiger partial charge is 0.410 e. The molecule has 2 atom stereocenters. The summed E-state index contributed by atoms with van der Waals surface area (Å²) in [7, 11) is 0. The van der Waals surface area contributed by atoms with Gasteiger partial charge in [-0.3, -0.25) is 0 Å². The standard InChI is InChI=1S/C19H36N2O3S/c1-18(2,3)24-17(22)21-11-9-14(10-12-21)13-16(15-7-8-15)20-25(23)19(4,5)6/h14-16,20H,7-13H2,1-6H3/t16-,25-/m0/s1. The number of likely N-dealkylation sites (tertiary alicyclic amines) is 1. The van der Waals surface area contributed by atoms with Crippen molar-refractivity contribution in [2.75, 3.05) is 13.1 Å². The highest BCUT2D eigenvalue weighted by molar-refractivity contribution is 7.90. The third-order valence-corrected chi connectivity index (χ3v) is 6.49. The average molecular weight is 373 g/mol. The van der Waals surface area contributed by atoms with Crippen LogP contribution in [-0.2, 0) is 16.1 Å². The van der Waals surface area contributed by atoms with Gasteiger partial charge in [0, 0.05) is 24.5 Å². The molecule has 1 amide bonds. The molecule has 0 aromatic rings. The first kappa shape index (κ1) is 20.8. The molecule has 1 heterocycles. The molecule has 1 saturated carbocycles. The van der Waals surface area contributed by atoms with E-state index in [1.54, 1.807) is 0 Å². The zero-order valence-corrected chi connectivity index (χ0v) is 17.6. The van der Waals surface area contributed by atoms with E-state index in [1.807, 2.05) is 46.4 Å². The normalized spacial score (nSPS) is 22.6. The van der Waals surface area contributed by atoms with Gasteiger partial charge in [0.2, 0.25) is 0 Å². The van der Waals surface area contributed by atoms with Crippen molar-refractivity contribution in [1.82, 2.24) is 9.62 Å². The fraction of sp³-hybridized carbons (Fsp3) is 0.947. The van der Waals surface area contributed by atoms with Crippen molar-refractivity contribution in [1.29, 1.82) is 0 Å². The van der Waals surface area contributed by atoms with Crippen molar-refractivity contribution >= 4 is 17.5 Å². The van der Waals surface area contributed by atoms with Crippen LogP contribution in [0.3, 0.4) is 0 Å². The van der Waals surface area contributed by atoms with Crippen LogP contribution in [0.2, 0.25) is 0 Å². The lowest BCUT2D eigenvalue weighted by molar-refractivity contribution is 0.0178. The lowest BCUT2D eigenvalue weighted by atomic mass is 9.89. The zero-order chi connectivity index (χ0) is 18.8. The minimum atomic E-state index is -1.01. The highest BCUT2D eigenvalue weighted by atomic mass is 32.2. The van der Waals surface area contributed by atoms with E-state index in [0.29, 0.717) is 17.9 Å². The number of carbonyl (C=O) groups is 1. The molecule has 0 aromatic carbocycles. The summed E-state index contributed by atoms with van der Waals surface area (Å²) in [5.41, 5.74) is -0.439. The summed E-state index contributed by atoms with van der Waals surface area (Å²) in [6, 6.07) is 0.345. The second-order valence-electron chi connectivity index (χ2n) is 9.59. The Bertz CT molecular complexity index is 447. The van der Waals surface area contributed by atoms with Gasteiger partial charge < -0.3 is 14.2 Å². The Morgan fingerprint density at radius 2 is 1.72 bits per heavy atom. The van der Waals surface area contributed by atoms with E-state index in [0.717, 1.165) is 32.4 Å². The van der Waals surface area contributed by atoms with E-state index in [1.165, 1.54) is 12.8 Å². The Hall–Kier alpha value is -0.460. The summed E-state index contributed by atoms with van der Waals surface area (Å²) < 4.78 is 21.1. The average Bonchev–Trinajstić information content (AvgIpc) is 3.29. The molecule has 146 valence electrons. The van der Waals surface area contributed by atoms with Crippen molar-refractivity contribution in [2.45, 2.75) is 90.0 Å². The second-order valence-corrected chi connectivity index (χ2v) is 11.6. The fourth-order valence-electron chi connectivity index (χ4n) is 3.19. The minimum absolute atomic E-state index is 0.198. The quantitative estimate of drug-likeness (QED) is 0.745. The minimum Gasteiger partial charge on any atom is -0.598 e. The van der Waals surface area contributed by atoms with Crippen LogP contribution in [0.25, 0.3) is 0 Å². The Morgan fingerprint density at radius 3 is 2.16 bits per heavy atom. The van der Waals surface area contributed by atoms with E-state index >= 15 is 0 Å². The van der Waals surface area contributed by atoms with E-state index < -0.39 is 17.0 Å². The Balaban J connectivity index is 1.80. The number of hydrogen-bond donors (Lipinski definition) is 1. The summed E-state index contributed by atoms with van der Waals surface area (Å²) in [5.74, 6) is 1.27. The zero-order valence-electron chi connectivity index (χ0n) is 16.8. The molecule has 0 unspecified atom stereocenters. The van der Waals surface area contributed by atoms with Gasteiger partial charge in [-0.25, -0.2) is 4.79 Å². The first-order valence-corrected chi connectivity index (χ1v) is 10.8. The van der Waals surface area contributed by atoms with Crippen LogP contribution in [0.15, 0.2) is 0 Å². The van der Waals surface area contributed by atoms with Crippen LogP contribution in [0.1, 0.15) is 73.6 Å². The van der Waals surface area contributed by atoms with Gasteiger partial charge in [-0.2, -0.15) is 0 Å². The number of carbonyl (C=O) groups excluding carboxylic acids is 1. The van der Waals surface area contributed by atoms with Crippen LogP contribution in [0.4, 0.5) is 4.79 Å². The highest BCUT2D eigenvalue weighted by Gasteiger charge is 2.39. The van der Waals surface area contributed by atoms with Crippen molar-refractivity contribution in [3.05, 3.63) is 0 Å². The van der Waals surface area contributed by atoms with Crippen molar-refractivity contribution < 1.29 is 14.1 Å². The van der Waals surface area contributed by atoms with E-state index in [-0.39, 0.29) is 10.8 Å². The summed E-state index contributed by atoms with van der Waals surface area (Å²) in [6.07, 6.45) is 5.37. The van der Waals surface area contributed by atoms with Crippen molar-refractivity contribution in [3.63, 3.8) is 0 Å². The van der Waals surface area contributed by atoms with Gasteiger partial charge in [0.1, 0.15) is 10.3 Å². The van der Waals surface area contributed by atoms with Gasteiger partial charge in [-0.05, 0) is 85.5 Å². The molecule has 1 aliphatic heterocycles. The first-order chi connectivity index (χ1) is 11.5. The molecule has 0 aromatic heterocycles. The second kappa shape index (κ2) is 8.05. The summed E-state index contributed by atoms with van der Waals surface area (Å²) in [5, 5.41) is 0. The molecule has 25 heavy (non-hydrogen) atoms. The topological polar surface area (TPSA) is 64.6 Å². The van der Waals surface area contributed by atoms with Gasteiger partial charge in [-0.1, -0.05) is 0 Å². The van der Waals surface area contributed by atoms with E-state index in [9.17, 15) is 9.35 Å². The molecule has 5 nitrogen and oxygen atoms in total. The van der Waals surface area contributed by atoms with Crippen LogP contribution < -0.4 is 4.72 Å². The predicted molar refractivity (Wildman–Crippen MR) is 103 cm³/mol. The Labute approximate surface area is 156 Å². The van der Waals surface area contributed by atoms with Gasteiger partial charge in [0.15, 0.2) is 0 Å². The maximum absolute atomic E-state index is 12.5. The van der Waals surface area contributed by atoms with Gasteiger partial charge in [-0.15, -0.1) is 4.72 Å². The summed E-state index contributed by atoms with van der Waals surface area (Å²) in [6.45, 7) is 13.3. The molecule has 2 rings (SSSR count). The van der Waals surface area contributed by atoms with E-state index in [2.05, 4.69) is 4.72 Å². The number of nitrogens with zero attached hydrogens (tertiary/aromatic N) is 1. The molecule has 0 radical (unpaired) electrons. The summed E-state index contributed by atoms with van der Waals surface area (Å²) >= 11 is -1.01. The highest BCUT2D eigenvalue weighted by Crippen LogP contribution is 2.38. The van der Waals surface area contributed by atoms with Crippen molar-refractivity contribution in [2.24, 2.45) is 11.8 Å². The molecule has 1 saturated heterocycles. The Kier molecular flexibility index (Phi) is 6.71. The van der Waals surface area contributed by atoms with Crippen molar-refractivity contribution in [3.8, 4) is 0 Å². The first-order valence-electron chi connectivity index (χ1n) is 9.61. The SMILES string of the molecule is CC(C)(C)OC(=O)N1CCC(C[C@H](N[S@@+]([O-])C(C)(C)C)C2CC2)CC1. The third kappa shape index (κ3) is 6.99. The van der Waals surface area contributed by atoms with Gasteiger partial charge in [0.05, 0.1) is 6.04 Å². The third-order valence-electron chi connectivity index (χ3n) is 4.86. The lowest BCUT2D eigenvalue weighted by Crippen LogP contribution is -2.47. The van der Waals surface area contributed by atoms with Crippen LogP contribution in [0.5, 0.6) is 0 Å². The molecule has 0 spiro atoms. The monoisotopic (exact) mass is 372 g/mol.